The molecule has 3 aromatic rings. The van der Waals surface area contributed by atoms with Gasteiger partial charge in [-0.25, -0.2) is 8.42 Å². The Morgan fingerprint density at radius 3 is 2.18 bits per heavy atom. The van der Waals surface area contributed by atoms with Crippen LogP contribution in [0.2, 0.25) is 5.02 Å². The minimum Gasteiger partial charge on any atom is -0.483 e. The molecule has 0 unspecified atom stereocenters. The van der Waals surface area contributed by atoms with Gasteiger partial charge in [0, 0.05) is 5.02 Å². The van der Waals surface area contributed by atoms with Crippen LogP contribution in [-0.4, -0.2) is 20.9 Å². The van der Waals surface area contributed by atoms with Gasteiger partial charge >= 0.3 is 0 Å². The molecule has 0 atom stereocenters. The Balaban J connectivity index is 1.92. The van der Waals surface area contributed by atoms with Crippen LogP contribution < -0.4 is 9.04 Å². The van der Waals surface area contributed by atoms with Gasteiger partial charge in [-0.15, -0.1) is 0 Å². The summed E-state index contributed by atoms with van der Waals surface area (Å²) < 4.78 is 33.1. The largest absolute Gasteiger partial charge is 0.483 e. The lowest BCUT2D eigenvalue weighted by atomic mass is 10.3. The van der Waals surface area contributed by atoms with Crippen LogP contribution in [0.3, 0.4) is 0 Å². The topological polar surface area (TPSA) is 63.7 Å². The van der Waals surface area contributed by atoms with Gasteiger partial charge in [0.15, 0.2) is 6.61 Å². The normalized spacial score (nSPS) is 11.1. The van der Waals surface area contributed by atoms with E-state index < -0.39 is 22.5 Å². The number of benzene rings is 3. The molecule has 28 heavy (non-hydrogen) atoms. The molecular weight excluding hydrogens is 466 g/mol. The fourth-order valence-electron chi connectivity index (χ4n) is 2.47. The fourth-order valence-corrected chi connectivity index (χ4v) is 4.70. The van der Waals surface area contributed by atoms with Gasteiger partial charge in [0.05, 0.1) is 15.1 Å². The van der Waals surface area contributed by atoms with Crippen LogP contribution in [-0.2, 0) is 14.8 Å². The third-order valence-corrected chi connectivity index (χ3v) is 6.36. The van der Waals surface area contributed by atoms with Crippen LogP contribution in [0.15, 0.2) is 88.2 Å². The smallest absolute Gasteiger partial charge is 0.278 e. The first-order valence-electron chi connectivity index (χ1n) is 8.16. The molecule has 3 aromatic carbocycles. The van der Waals surface area contributed by atoms with Crippen molar-refractivity contribution in [1.29, 1.82) is 0 Å². The van der Waals surface area contributed by atoms with E-state index in [1.807, 2.05) is 0 Å². The monoisotopic (exact) mass is 479 g/mol. The minimum atomic E-state index is -4.10. The van der Waals surface area contributed by atoms with Crippen molar-refractivity contribution in [3.05, 3.63) is 88.4 Å². The summed E-state index contributed by atoms with van der Waals surface area (Å²) in [6, 6.07) is 20.8. The molecule has 0 radical (unpaired) electrons. The molecule has 3 rings (SSSR count). The first-order valence-corrected chi connectivity index (χ1v) is 10.8. The summed E-state index contributed by atoms with van der Waals surface area (Å²) in [5, 5.41) is 0.503. The number of nitrogens with zero attached hydrogens (tertiary/aromatic N) is 1. The maximum atomic E-state index is 13.1. The van der Waals surface area contributed by atoms with E-state index in [-0.39, 0.29) is 10.6 Å². The molecule has 0 aliphatic heterocycles. The second-order valence-electron chi connectivity index (χ2n) is 5.68. The molecular formula is C20H15BrClNO4S. The number of hydrogen-bond acceptors (Lipinski definition) is 4. The van der Waals surface area contributed by atoms with Gasteiger partial charge in [0.25, 0.3) is 15.9 Å². The molecule has 0 bridgehead atoms. The number of amides is 1. The molecule has 0 saturated heterocycles. The molecule has 8 heteroatoms. The van der Waals surface area contributed by atoms with E-state index in [0.717, 1.165) is 4.31 Å². The molecule has 0 saturated carbocycles. The second-order valence-corrected chi connectivity index (χ2v) is 8.75. The Morgan fingerprint density at radius 1 is 0.964 bits per heavy atom. The Bertz CT molecular complexity index is 1080. The predicted octanol–water partition coefficient (Wildman–Crippen LogP) is 4.90. The number of ether oxygens (including phenoxy) is 1. The van der Waals surface area contributed by atoms with Gasteiger partial charge in [0.1, 0.15) is 5.75 Å². The molecule has 5 nitrogen and oxygen atoms in total. The van der Waals surface area contributed by atoms with Crippen molar-refractivity contribution in [1.82, 2.24) is 0 Å². The lowest BCUT2D eigenvalue weighted by molar-refractivity contribution is -0.119. The molecule has 0 N–H and O–H groups in total. The van der Waals surface area contributed by atoms with Crippen molar-refractivity contribution in [2.75, 3.05) is 10.9 Å². The maximum absolute atomic E-state index is 13.1. The summed E-state index contributed by atoms with van der Waals surface area (Å²) in [7, 11) is -4.10. The van der Waals surface area contributed by atoms with Crippen molar-refractivity contribution in [3.63, 3.8) is 0 Å². The summed E-state index contributed by atoms with van der Waals surface area (Å²) in [5.74, 6) is -0.347. The number of para-hydroxylation sites is 1. The number of carbonyl (C=O) groups excluding carboxylic acids is 1. The maximum Gasteiger partial charge on any atom is 0.278 e. The molecule has 0 fully saturated rings. The molecule has 0 aliphatic rings. The number of rotatable bonds is 6. The van der Waals surface area contributed by atoms with Crippen molar-refractivity contribution in [2.45, 2.75) is 4.90 Å². The number of anilines is 1. The van der Waals surface area contributed by atoms with Crippen LogP contribution in [0.5, 0.6) is 5.75 Å². The summed E-state index contributed by atoms with van der Waals surface area (Å²) in [5.41, 5.74) is 0.232. The Labute approximate surface area is 176 Å². The third kappa shape index (κ3) is 4.55. The van der Waals surface area contributed by atoms with Gasteiger partial charge in [0.2, 0.25) is 0 Å². The van der Waals surface area contributed by atoms with E-state index in [2.05, 4.69) is 15.9 Å². The van der Waals surface area contributed by atoms with Crippen LogP contribution >= 0.6 is 27.5 Å². The molecule has 1 amide bonds. The number of sulfonamides is 1. The first kappa shape index (κ1) is 20.4. The zero-order chi connectivity index (χ0) is 20.1. The van der Waals surface area contributed by atoms with Crippen molar-refractivity contribution in [2.24, 2.45) is 0 Å². The van der Waals surface area contributed by atoms with E-state index in [9.17, 15) is 13.2 Å². The summed E-state index contributed by atoms with van der Waals surface area (Å²) in [4.78, 5) is 12.9. The predicted molar refractivity (Wildman–Crippen MR) is 112 cm³/mol. The molecule has 0 aromatic heterocycles. The molecule has 0 heterocycles. The van der Waals surface area contributed by atoms with E-state index in [1.165, 1.54) is 12.1 Å². The number of hydrogen-bond donors (Lipinski definition) is 0. The minimum absolute atomic E-state index is 0.0138. The highest BCUT2D eigenvalue weighted by atomic mass is 79.9. The lowest BCUT2D eigenvalue weighted by Crippen LogP contribution is -2.40. The van der Waals surface area contributed by atoms with Crippen LogP contribution in [0.1, 0.15) is 0 Å². The lowest BCUT2D eigenvalue weighted by Gasteiger charge is -2.23. The van der Waals surface area contributed by atoms with Gasteiger partial charge in [-0.1, -0.05) is 48.0 Å². The summed E-state index contributed by atoms with van der Waals surface area (Å²) in [6.07, 6.45) is 0. The molecule has 144 valence electrons. The Kier molecular flexibility index (Phi) is 6.39. The molecule has 0 spiro atoms. The SMILES string of the molecule is O=C(COc1ccc(Cl)cc1Br)N(c1ccccc1)S(=O)(=O)c1ccccc1. The van der Waals surface area contributed by atoms with Gasteiger partial charge in [-0.2, -0.15) is 4.31 Å². The van der Waals surface area contributed by atoms with Gasteiger partial charge < -0.3 is 4.74 Å². The van der Waals surface area contributed by atoms with Crippen molar-refractivity contribution < 1.29 is 17.9 Å². The summed E-state index contributed by atoms with van der Waals surface area (Å²) >= 11 is 9.20. The second kappa shape index (κ2) is 8.77. The first-order chi connectivity index (χ1) is 13.4. The van der Waals surface area contributed by atoms with Crippen LogP contribution in [0, 0.1) is 0 Å². The highest BCUT2D eigenvalue weighted by Crippen LogP contribution is 2.29. The Hall–Kier alpha value is -2.35. The summed E-state index contributed by atoms with van der Waals surface area (Å²) in [6.45, 7) is -0.471. The quantitative estimate of drug-likeness (QED) is 0.503. The van der Waals surface area contributed by atoms with Crippen LogP contribution in [0.25, 0.3) is 0 Å². The fraction of sp³-hybridized carbons (Fsp3) is 0.0500. The van der Waals surface area contributed by atoms with Gasteiger partial charge in [-0.05, 0) is 58.4 Å². The van der Waals surface area contributed by atoms with E-state index >= 15 is 0 Å². The molecule has 0 aliphatic carbocycles. The van der Waals surface area contributed by atoms with E-state index in [1.54, 1.807) is 66.7 Å². The van der Waals surface area contributed by atoms with E-state index in [0.29, 0.717) is 15.2 Å². The number of carbonyl (C=O) groups is 1. The highest BCUT2D eigenvalue weighted by molar-refractivity contribution is 9.10. The number of halogens is 2. The highest BCUT2D eigenvalue weighted by Gasteiger charge is 2.31. The Morgan fingerprint density at radius 2 is 1.57 bits per heavy atom. The average molecular weight is 481 g/mol. The van der Waals surface area contributed by atoms with E-state index in [4.69, 9.17) is 16.3 Å². The standard InChI is InChI=1S/C20H15BrClNO4S/c21-18-13-15(22)11-12-19(18)27-14-20(24)23(16-7-3-1-4-8-16)28(25,26)17-9-5-2-6-10-17/h1-13H,14H2. The van der Waals surface area contributed by atoms with Crippen molar-refractivity contribution in [3.8, 4) is 5.75 Å². The zero-order valence-corrected chi connectivity index (χ0v) is 17.6. The van der Waals surface area contributed by atoms with Crippen LogP contribution in [0.4, 0.5) is 5.69 Å². The van der Waals surface area contributed by atoms with Gasteiger partial charge in [-0.3, -0.25) is 4.79 Å². The third-order valence-electron chi connectivity index (χ3n) is 3.74. The average Bonchev–Trinajstić information content (AvgIpc) is 2.69. The van der Waals surface area contributed by atoms with Crippen molar-refractivity contribution >= 4 is 49.1 Å². The zero-order valence-electron chi connectivity index (χ0n) is 14.5.